The predicted octanol–water partition coefficient (Wildman–Crippen LogP) is 0.637. The van der Waals surface area contributed by atoms with Crippen LogP contribution in [0.1, 0.15) is 25.5 Å². The van der Waals surface area contributed by atoms with Crippen LogP contribution in [-0.4, -0.2) is 65.0 Å². The van der Waals surface area contributed by atoms with Gasteiger partial charge in [0.15, 0.2) is 0 Å². The molecule has 3 rings (SSSR count). The highest BCUT2D eigenvalue weighted by molar-refractivity contribution is 7.07. The van der Waals surface area contributed by atoms with Crippen LogP contribution >= 0.6 is 11.3 Å². The number of carbonyl (C=O) groups is 2. The summed E-state index contributed by atoms with van der Waals surface area (Å²) < 4.78 is 0. The van der Waals surface area contributed by atoms with Crippen LogP contribution in [0.25, 0.3) is 0 Å². The maximum absolute atomic E-state index is 12.2. The number of nitrogens with one attached hydrogen (secondary N) is 2. The van der Waals surface area contributed by atoms with Crippen molar-refractivity contribution in [3.63, 3.8) is 0 Å². The lowest BCUT2D eigenvalue weighted by molar-refractivity contribution is -0.126. The Morgan fingerprint density at radius 1 is 1.35 bits per heavy atom. The van der Waals surface area contributed by atoms with Crippen LogP contribution in [0.3, 0.4) is 0 Å². The Balaban J connectivity index is 1.40. The summed E-state index contributed by atoms with van der Waals surface area (Å²) in [5.74, 6) is 0.105. The van der Waals surface area contributed by atoms with E-state index in [-0.39, 0.29) is 18.0 Å². The molecule has 0 unspecified atom stereocenters. The number of rotatable bonds is 5. The van der Waals surface area contributed by atoms with Crippen LogP contribution in [0.5, 0.6) is 0 Å². The second-order valence-corrected chi connectivity index (χ2v) is 6.84. The summed E-state index contributed by atoms with van der Waals surface area (Å²) >= 11 is 1.52. The van der Waals surface area contributed by atoms with Gasteiger partial charge < -0.3 is 15.5 Å². The summed E-state index contributed by atoms with van der Waals surface area (Å²) in [5.41, 5.74) is 2.64. The highest BCUT2D eigenvalue weighted by Crippen LogP contribution is 2.19. The quantitative estimate of drug-likeness (QED) is 0.826. The molecule has 2 aliphatic rings. The number of hydrogen-bond acceptors (Lipinski definition) is 5. The van der Waals surface area contributed by atoms with Crippen molar-refractivity contribution in [1.29, 1.82) is 0 Å². The van der Waals surface area contributed by atoms with E-state index in [4.69, 9.17) is 0 Å². The lowest BCUT2D eigenvalue weighted by Gasteiger charge is -2.37. The van der Waals surface area contributed by atoms with E-state index in [2.05, 4.69) is 20.5 Å². The largest absolute Gasteiger partial charge is 0.352 e. The zero-order valence-corrected chi connectivity index (χ0v) is 14.1. The number of amides is 3. The number of carbonyl (C=O) groups excluding carboxylic acids is 2. The van der Waals surface area contributed by atoms with E-state index in [0.717, 1.165) is 31.6 Å². The first-order valence-corrected chi connectivity index (χ1v) is 9.02. The highest BCUT2D eigenvalue weighted by atomic mass is 32.1. The minimum Gasteiger partial charge on any atom is -0.352 e. The number of piperazine rings is 1. The standard InChI is InChI=1S/C15H23N5O2S/c1-11(14(21)18-12-2-3-12)19-4-6-20(7-5-19)15(22)16-8-13-9-23-10-17-13/h9-12H,2-8H2,1H3,(H,16,22)(H,18,21)/t11-/m1/s1. The molecular weight excluding hydrogens is 314 g/mol. The fourth-order valence-electron chi connectivity index (χ4n) is 2.63. The van der Waals surface area contributed by atoms with Crippen LogP contribution in [0.15, 0.2) is 10.9 Å². The summed E-state index contributed by atoms with van der Waals surface area (Å²) in [6, 6.07) is 0.200. The van der Waals surface area contributed by atoms with Crippen molar-refractivity contribution in [3.8, 4) is 0 Å². The molecule has 1 atom stereocenters. The van der Waals surface area contributed by atoms with E-state index in [0.29, 0.717) is 25.7 Å². The van der Waals surface area contributed by atoms with E-state index in [1.807, 2.05) is 12.3 Å². The predicted molar refractivity (Wildman–Crippen MR) is 88.1 cm³/mol. The molecule has 1 aliphatic carbocycles. The van der Waals surface area contributed by atoms with Crippen molar-refractivity contribution < 1.29 is 9.59 Å². The van der Waals surface area contributed by atoms with Gasteiger partial charge >= 0.3 is 6.03 Å². The first-order chi connectivity index (χ1) is 11.1. The number of aromatic nitrogens is 1. The molecule has 0 aromatic carbocycles. The number of nitrogens with zero attached hydrogens (tertiary/aromatic N) is 3. The van der Waals surface area contributed by atoms with E-state index in [1.165, 1.54) is 11.3 Å². The molecule has 2 heterocycles. The Bertz CT molecular complexity index is 538. The maximum Gasteiger partial charge on any atom is 0.317 e. The zero-order valence-electron chi connectivity index (χ0n) is 13.3. The summed E-state index contributed by atoms with van der Waals surface area (Å²) in [6.07, 6.45) is 2.21. The molecule has 1 saturated heterocycles. The minimum absolute atomic E-state index is 0.0623. The topological polar surface area (TPSA) is 77.6 Å². The van der Waals surface area contributed by atoms with E-state index >= 15 is 0 Å². The van der Waals surface area contributed by atoms with Crippen LogP contribution in [0.4, 0.5) is 4.79 Å². The minimum atomic E-state index is -0.129. The Kier molecular flexibility index (Phi) is 5.12. The Hall–Kier alpha value is -1.67. The third-order valence-electron chi connectivity index (χ3n) is 4.36. The molecule has 1 aromatic heterocycles. The zero-order chi connectivity index (χ0) is 16.2. The van der Waals surface area contributed by atoms with Gasteiger partial charge in [-0.2, -0.15) is 0 Å². The van der Waals surface area contributed by atoms with Gasteiger partial charge in [0.1, 0.15) is 0 Å². The fourth-order valence-corrected chi connectivity index (χ4v) is 3.19. The molecule has 0 radical (unpaired) electrons. The van der Waals surface area contributed by atoms with Gasteiger partial charge in [-0.1, -0.05) is 0 Å². The smallest absolute Gasteiger partial charge is 0.317 e. The van der Waals surface area contributed by atoms with Crippen molar-refractivity contribution in [2.75, 3.05) is 26.2 Å². The first kappa shape index (κ1) is 16.2. The number of urea groups is 1. The van der Waals surface area contributed by atoms with E-state index in [9.17, 15) is 9.59 Å². The third kappa shape index (κ3) is 4.42. The lowest BCUT2D eigenvalue weighted by Crippen LogP contribution is -2.56. The summed E-state index contributed by atoms with van der Waals surface area (Å²) in [6.45, 7) is 5.14. The van der Waals surface area contributed by atoms with Crippen LogP contribution in [0.2, 0.25) is 0 Å². The van der Waals surface area contributed by atoms with Crippen LogP contribution in [0, 0.1) is 0 Å². The van der Waals surface area contributed by atoms with Gasteiger partial charge in [0.05, 0.1) is 23.8 Å². The highest BCUT2D eigenvalue weighted by Gasteiger charge is 2.30. The van der Waals surface area contributed by atoms with Crippen molar-refractivity contribution in [1.82, 2.24) is 25.4 Å². The SMILES string of the molecule is C[C@H](C(=O)NC1CC1)N1CCN(C(=O)NCc2cscn2)CC1. The maximum atomic E-state index is 12.2. The van der Waals surface area contributed by atoms with Crippen molar-refractivity contribution in [3.05, 3.63) is 16.6 Å². The molecule has 3 amide bonds. The fraction of sp³-hybridized carbons (Fsp3) is 0.667. The third-order valence-corrected chi connectivity index (χ3v) is 4.99. The van der Waals surface area contributed by atoms with Crippen LogP contribution in [-0.2, 0) is 11.3 Å². The Morgan fingerprint density at radius 2 is 2.09 bits per heavy atom. The second-order valence-electron chi connectivity index (χ2n) is 6.12. The van der Waals surface area contributed by atoms with Crippen molar-refractivity contribution in [2.45, 2.75) is 38.4 Å². The monoisotopic (exact) mass is 337 g/mol. The molecule has 2 N–H and O–H groups in total. The van der Waals surface area contributed by atoms with Gasteiger partial charge in [0, 0.05) is 37.6 Å². The van der Waals surface area contributed by atoms with E-state index < -0.39 is 0 Å². The van der Waals surface area contributed by atoms with Gasteiger partial charge in [-0.3, -0.25) is 9.69 Å². The van der Waals surface area contributed by atoms with E-state index in [1.54, 1.807) is 10.4 Å². The lowest BCUT2D eigenvalue weighted by atomic mass is 10.2. The molecule has 7 nitrogen and oxygen atoms in total. The van der Waals surface area contributed by atoms with Crippen molar-refractivity contribution >= 4 is 23.3 Å². The molecule has 8 heteroatoms. The molecular formula is C15H23N5O2S. The molecule has 2 fully saturated rings. The number of thiazole rings is 1. The molecule has 1 aliphatic heterocycles. The van der Waals surface area contributed by atoms with Crippen molar-refractivity contribution in [2.24, 2.45) is 0 Å². The van der Waals surface area contributed by atoms with Gasteiger partial charge in [0.2, 0.25) is 5.91 Å². The molecule has 1 aromatic rings. The average molecular weight is 337 g/mol. The van der Waals surface area contributed by atoms with Gasteiger partial charge in [-0.15, -0.1) is 11.3 Å². The summed E-state index contributed by atoms with van der Waals surface area (Å²) in [7, 11) is 0. The first-order valence-electron chi connectivity index (χ1n) is 8.08. The molecule has 126 valence electrons. The molecule has 0 spiro atoms. The van der Waals surface area contributed by atoms with Gasteiger partial charge in [-0.25, -0.2) is 9.78 Å². The molecule has 0 bridgehead atoms. The Morgan fingerprint density at radius 3 is 2.70 bits per heavy atom. The molecule has 1 saturated carbocycles. The molecule has 23 heavy (non-hydrogen) atoms. The second kappa shape index (κ2) is 7.27. The normalized spacial score (nSPS) is 20.1. The number of hydrogen-bond donors (Lipinski definition) is 2. The van der Waals surface area contributed by atoms with Crippen LogP contribution < -0.4 is 10.6 Å². The van der Waals surface area contributed by atoms with Gasteiger partial charge in [0.25, 0.3) is 0 Å². The average Bonchev–Trinajstić information content (AvgIpc) is 3.23. The summed E-state index contributed by atoms with van der Waals surface area (Å²) in [5, 5.41) is 7.86. The van der Waals surface area contributed by atoms with Gasteiger partial charge in [-0.05, 0) is 19.8 Å². The Labute approximate surface area is 140 Å². The summed E-state index contributed by atoms with van der Waals surface area (Å²) in [4.78, 5) is 32.3.